The van der Waals surface area contributed by atoms with Crippen molar-refractivity contribution >= 4 is 21.8 Å². The second-order valence-corrected chi connectivity index (χ2v) is 5.52. The van der Waals surface area contributed by atoms with E-state index in [0.29, 0.717) is 18.7 Å². The van der Waals surface area contributed by atoms with Crippen molar-refractivity contribution in [3.8, 4) is 5.75 Å². The van der Waals surface area contributed by atoms with E-state index in [-0.39, 0.29) is 5.91 Å². The number of rotatable bonds is 5. The molecule has 0 spiro atoms. The second-order valence-electron chi connectivity index (χ2n) is 4.61. The molecule has 1 aromatic heterocycles. The fourth-order valence-corrected chi connectivity index (χ4v) is 2.32. The third kappa shape index (κ3) is 4.29. The first-order chi connectivity index (χ1) is 10.1. The number of nitrogens with one attached hydrogen (secondary N) is 1. The van der Waals surface area contributed by atoms with E-state index in [1.54, 1.807) is 18.5 Å². The van der Waals surface area contributed by atoms with Gasteiger partial charge in [-0.1, -0.05) is 12.1 Å². The highest BCUT2D eigenvalue weighted by Crippen LogP contribution is 2.19. The van der Waals surface area contributed by atoms with Gasteiger partial charge in [-0.2, -0.15) is 0 Å². The number of pyridine rings is 1. The van der Waals surface area contributed by atoms with E-state index in [9.17, 15) is 4.79 Å². The van der Waals surface area contributed by atoms with E-state index in [4.69, 9.17) is 4.74 Å². The number of halogens is 1. The van der Waals surface area contributed by atoms with Gasteiger partial charge in [-0.15, -0.1) is 0 Å². The molecule has 0 atom stereocenters. The number of hydrogen-bond acceptors (Lipinski definition) is 3. The van der Waals surface area contributed by atoms with Crippen molar-refractivity contribution in [2.75, 3.05) is 6.61 Å². The number of hydrogen-bond donors (Lipinski definition) is 1. The molecule has 110 valence electrons. The van der Waals surface area contributed by atoms with Crippen molar-refractivity contribution in [1.29, 1.82) is 0 Å². The Morgan fingerprint density at radius 1 is 1.33 bits per heavy atom. The summed E-state index contributed by atoms with van der Waals surface area (Å²) in [7, 11) is 0. The molecule has 0 aliphatic rings. The van der Waals surface area contributed by atoms with Crippen molar-refractivity contribution in [3.05, 3.63) is 57.8 Å². The van der Waals surface area contributed by atoms with Crippen LogP contribution in [-0.2, 0) is 6.54 Å². The summed E-state index contributed by atoms with van der Waals surface area (Å²) in [5.41, 5.74) is 2.63. The Kier molecular flexibility index (Phi) is 5.33. The quantitative estimate of drug-likeness (QED) is 0.899. The molecule has 0 radical (unpaired) electrons. The smallest absolute Gasteiger partial charge is 0.253 e. The third-order valence-corrected chi connectivity index (χ3v) is 3.39. The van der Waals surface area contributed by atoms with Crippen LogP contribution in [0.15, 0.2) is 41.1 Å². The van der Waals surface area contributed by atoms with E-state index in [1.165, 1.54) is 0 Å². The zero-order valence-electron chi connectivity index (χ0n) is 12.0. The van der Waals surface area contributed by atoms with Gasteiger partial charge in [-0.25, -0.2) is 0 Å². The highest BCUT2D eigenvalue weighted by atomic mass is 79.9. The molecule has 0 bridgehead atoms. The van der Waals surface area contributed by atoms with Gasteiger partial charge in [0.15, 0.2) is 0 Å². The molecule has 2 aromatic rings. The van der Waals surface area contributed by atoms with E-state index < -0.39 is 0 Å². The van der Waals surface area contributed by atoms with Gasteiger partial charge < -0.3 is 10.1 Å². The largest absolute Gasteiger partial charge is 0.494 e. The number of aromatic nitrogens is 1. The lowest BCUT2D eigenvalue weighted by Gasteiger charge is -2.10. The van der Waals surface area contributed by atoms with Crippen molar-refractivity contribution in [2.45, 2.75) is 20.4 Å². The number of carbonyl (C=O) groups excluding carboxylic acids is 1. The maximum atomic E-state index is 12.0. The van der Waals surface area contributed by atoms with Crippen LogP contribution in [0.25, 0.3) is 0 Å². The molecule has 1 N–H and O–H groups in total. The SMILES string of the molecule is CCOc1ccc(CNC(=O)c2cncc(Br)c2)cc1C. The van der Waals surface area contributed by atoms with Crippen LogP contribution in [-0.4, -0.2) is 17.5 Å². The van der Waals surface area contributed by atoms with Gasteiger partial charge in [-0.05, 0) is 53.0 Å². The van der Waals surface area contributed by atoms with Crippen LogP contribution in [0.3, 0.4) is 0 Å². The Morgan fingerprint density at radius 3 is 2.81 bits per heavy atom. The van der Waals surface area contributed by atoms with Crippen molar-refractivity contribution in [2.24, 2.45) is 0 Å². The summed E-state index contributed by atoms with van der Waals surface area (Å²) in [6, 6.07) is 7.65. The number of amides is 1. The molecule has 0 aliphatic carbocycles. The van der Waals surface area contributed by atoms with Gasteiger partial charge in [-0.3, -0.25) is 9.78 Å². The van der Waals surface area contributed by atoms with Gasteiger partial charge in [0.1, 0.15) is 5.75 Å². The van der Waals surface area contributed by atoms with Crippen molar-refractivity contribution in [3.63, 3.8) is 0 Å². The summed E-state index contributed by atoms with van der Waals surface area (Å²) >= 11 is 3.30. The molecule has 5 heteroatoms. The Hall–Kier alpha value is -1.88. The molecule has 4 nitrogen and oxygen atoms in total. The zero-order chi connectivity index (χ0) is 15.2. The monoisotopic (exact) mass is 348 g/mol. The number of nitrogens with zero attached hydrogens (tertiary/aromatic N) is 1. The fraction of sp³-hybridized carbons (Fsp3) is 0.250. The molecule has 1 heterocycles. The van der Waals surface area contributed by atoms with Gasteiger partial charge in [0.05, 0.1) is 12.2 Å². The second kappa shape index (κ2) is 7.22. The number of ether oxygens (including phenoxy) is 1. The van der Waals surface area contributed by atoms with Crippen LogP contribution in [0.4, 0.5) is 0 Å². The van der Waals surface area contributed by atoms with E-state index in [0.717, 1.165) is 21.3 Å². The standard InChI is InChI=1S/C16H17BrN2O2/c1-3-21-15-5-4-12(6-11(15)2)8-19-16(20)13-7-14(17)10-18-9-13/h4-7,9-10H,3,8H2,1-2H3,(H,19,20). The lowest BCUT2D eigenvalue weighted by Crippen LogP contribution is -2.23. The maximum Gasteiger partial charge on any atom is 0.253 e. The summed E-state index contributed by atoms with van der Waals surface area (Å²) in [5, 5.41) is 2.88. The van der Waals surface area contributed by atoms with E-state index in [1.807, 2.05) is 32.0 Å². The van der Waals surface area contributed by atoms with Crippen LogP contribution in [0.5, 0.6) is 5.75 Å². The number of carbonyl (C=O) groups is 1. The van der Waals surface area contributed by atoms with E-state index >= 15 is 0 Å². The molecule has 2 rings (SSSR count). The molecule has 0 aliphatic heterocycles. The molecular formula is C16H17BrN2O2. The molecule has 0 unspecified atom stereocenters. The summed E-state index contributed by atoms with van der Waals surface area (Å²) in [6.45, 7) is 5.07. The summed E-state index contributed by atoms with van der Waals surface area (Å²) in [5.74, 6) is 0.735. The maximum absolute atomic E-state index is 12.0. The number of aryl methyl sites for hydroxylation is 1. The summed E-state index contributed by atoms with van der Waals surface area (Å²) < 4.78 is 6.28. The topological polar surface area (TPSA) is 51.2 Å². The molecule has 0 saturated heterocycles. The summed E-state index contributed by atoms with van der Waals surface area (Å²) in [6.07, 6.45) is 3.19. The van der Waals surface area contributed by atoms with Gasteiger partial charge in [0.25, 0.3) is 5.91 Å². The minimum Gasteiger partial charge on any atom is -0.494 e. The molecule has 0 fully saturated rings. The molecule has 1 amide bonds. The lowest BCUT2D eigenvalue weighted by atomic mass is 10.1. The van der Waals surface area contributed by atoms with Crippen LogP contribution in [0.2, 0.25) is 0 Å². The fourth-order valence-electron chi connectivity index (χ4n) is 1.96. The predicted molar refractivity (Wildman–Crippen MR) is 85.5 cm³/mol. The van der Waals surface area contributed by atoms with Gasteiger partial charge in [0, 0.05) is 23.4 Å². The van der Waals surface area contributed by atoms with E-state index in [2.05, 4.69) is 26.2 Å². The average Bonchev–Trinajstić information content (AvgIpc) is 2.47. The van der Waals surface area contributed by atoms with Crippen LogP contribution >= 0.6 is 15.9 Å². The minimum atomic E-state index is -0.143. The normalized spacial score (nSPS) is 10.2. The first kappa shape index (κ1) is 15.5. The Labute approximate surface area is 132 Å². The molecule has 0 saturated carbocycles. The van der Waals surface area contributed by atoms with Crippen LogP contribution < -0.4 is 10.1 Å². The highest BCUT2D eigenvalue weighted by Gasteiger charge is 2.07. The first-order valence-electron chi connectivity index (χ1n) is 6.71. The third-order valence-electron chi connectivity index (χ3n) is 2.96. The molecule has 1 aromatic carbocycles. The Morgan fingerprint density at radius 2 is 2.14 bits per heavy atom. The Bertz CT molecular complexity index is 644. The minimum absolute atomic E-state index is 0.143. The van der Waals surface area contributed by atoms with Crippen LogP contribution in [0.1, 0.15) is 28.4 Å². The van der Waals surface area contributed by atoms with Gasteiger partial charge >= 0.3 is 0 Å². The molecular weight excluding hydrogens is 332 g/mol. The zero-order valence-corrected chi connectivity index (χ0v) is 13.6. The number of benzene rings is 1. The van der Waals surface area contributed by atoms with Gasteiger partial charge in [0.2, 0.25) is 0 Å². The first-order valence-corrected chi connectivity index (χ1v) is 7.50. The van der Waals surface area contributed by atoms with Crippen molar-refractivity contribution < 1.29 is 9.53 Å². The average molecular weight is 349 g/mol. The van der Waals surface area contributed by atoms with Crippen molar-refractivity contribution in [1.82, 2.24) is 10.3 Å². The Balaban J connectivity index is 2.00. The summed E-state index contributed by atoms with van der Waals surface area (Å²) in [4.78, 5) is 16.0. The van der Waals surface area contributed by atoms with Crippen LogP contribution in [0, 0.1) is 6.92 Å². The predicted octanol–water partition coefficient (Wildman–Crippen LogP) is 3.48. The lowest BCUT2D eigenvalue weighted by molar-refractivity contribution is 0.0950. The molecule has 21 heavy (non-hydrogen) atoms. The highest BCUT2D eigenvalue weighted by molar-refractivity contribution is 9.10.